The molecule has 2 N–H and O–H groups in total. The lowest BCUT2D eigenvalue weighted by molar-refractivity contribution is 0.725. The fraction of sp³-hybridized carbons (Fsp3) is 0.154. The van der Waals surface area contributed by atoms with Crippen LogP contribution in [0.15, 0.2) is 34.8 Å². The fourth-order valence-electron chi connectivity index (χ4n) is 1.84. The van der Waals surface area contributed by atoms with Crippen molar-refractivity contribution in [1.29, 1.82) is 0 Å². The Labute approximate surface area is 132 Å². The number of halogens is 2. The van der Waals surface area contributed by atoms with Gasteiger partial charge in [0.2, 0.25) is 0 Å². The Hall–Kier alpha value is -0.460. The first-order chi connectivity index (χ1) is 9.13. The molecule has 2 aromatic heterocycles. The highest BCUT2D eigenvalue weighted by atomic mass is 79.9. The number of aromatic nitrogens is 1. The predicted molar refractivity (Wildman–Crippen MR) is 87.3 cm³/mol. The Morgan fingerprint density at radius 1 is 1.32 bits per heavy atom. The van der Waals surface area contributed by atoms with Gasteiger partial charge in [-0.2, -0.15) is 0 Å². The van der Waals surface area contributed by atoms with E-state index in [0.29, 0.717) is 0 Å². The lowest BCUT2D eigenvalue weighted by atomic mass is 10.2. The maximum Gasteiger partial charge on any atom is 0.111 e. The van der Waals surface area contributed by atoms with Gasteiger partial charge in [0.25, 0.3) is 0 Å². The number of para-hydroxylation sites is 1. The van der Waals surface area contributed by atoms with E-state index in [1.165, 1.54) is 9.58 Å². The van der Waals surface area contributed by atoms with E-state index in [1.807, 2.05) is 24.3 Å². The van der Waals surface area contributed by atoms with Gasteiger partial charge >= 0.3 is 0 Å². The molecule has 1 atom stereocenters. The summed E-state index contributed by atoms with van der Waals surface area (Å²) < 4.78 is 2.88. The quantitative estimate of drug-likeness (QED) is 0.700. The van der Waals surface area contributed by atoms with Gasteiger partial charge in [0.05, 0.1) is 16.3 Å². The molecule has 0 saturated carbocycles. The van der Waals surface area contributed by atoms with E-state index in [4.69, 9.17) is 17.3 Å². The van der Waals surface area contributed by atoms with Crippen molar-refractivity contribution >= 4 is 60.4 Å². The van der Waals surface area contributed by atoms with Crippen molar-refractivity contribution in [2.75, 3.05) is 0 Å². The van der Waals surface area contributed by atoms with E-state index in [0.717, 1.165) is 25.8 Å². The number of nitrogens with two attached hydrogens (primary N) is 1. The summed E-state index contributed by atoms with van der Waals surface area (Å²) in [7, 11) is 0. The van der Waals surface area contributed by atoms with Crippen molar-refractivity contribution in [3.05, 3.63) is 49.0 Å². The van der Waals surface area contributed by atoms with Gasteiger partial charge in [-0.25, -0.2) is 4.98 Å². The Bertz CT molecular complexity index is 670. The maximum atomic E-state index is 6.25. The molecule has 0 aliphatic rings. The second kappa shape index (κ2) is 5.50. The van der Waals surface area contributed by atoms with Crippen LogP contribution in [0.2, 0.25) is 4.34 Å². The molecule has 98 valence electrons. The van der Waals surface area contributed by atoms with E-state index < -0.39 is 0 Å². The minimum atomic E-state index is -0.0842. The van der Waals surface area contributed by atoms with Crippen LogP contribution in [-0.4, -0.2) is 4.98 Å². The van der Waals surface area contributed by atoms with Gasteiger partial charge in [0, 0.05) is 15.8 Å². The van der Waals surface area contributed by atoms with E-state index in [9.17, 15) is 0 Å². The summed E-state index contributed by atoms with van der Waals surface area (Å²) >= 11 is 12.7. The molecule has 0 aliphatic heterocycles. The van der Waals surface area contributed by atoms with Gasteiger partial charge in [0.1, 0.15) is 9.34 Å². The van der Waals surface area contributed by atoms with Crippen molar-refractivity contribution in [3.8, 4) is 0 Å². The molecule has 1 aromatic carbocycles. The number of nitrogens with zero attached hydrogens (tertiary/aromatic N) is 1. The number of rotatable bonds is 3. The van der Waals surface area contributed by atoms with Gasteiger partial charge in [-0.3, -0.25) is 0 Å². The summed E-state index contributed by atoms with van der Waals surface area (Å²) in [6.45, 7) is 0. The smallest absolute Gasteiger partial charge is 0.111 e. The fourth-order valence-corrected chi connectivity index (χ4v) is 4.66. The van der Waals surface area contributed by atoms with Crippen LogP contribution in [0.1, 0.15) is 15.9 Å². The topological polar surface area (TPSA) is 38.9 Å². The molecule has 0 fully saturated rings. The maximum absolute atomic E-state index is 6.25. The normalized spacial score (nSPS) is 13.0. The molecule has 0 spiro atoms. The van der Waals surface area contributed by atoms with Crippen molar-refractivity contribution in [1.82, 2.24) is 4.98 Å². The highest BCUT2D eigenvalue weighted by molar-refractivity contribution is 9.10. The highest BCUT2D eigenvalue weighted by Crippen LogP contribution is 2.34. The van der Waals surface area contributed by atoms with Gasteiger partial charge in [0.15, 0.2) is 0 Å². The van der Waals surface area contributed by atoms with E-state index in [2.05, 4.69) is 27.0 Å². The molecule has 0 radical (unpaired) electrons. The minimum absolute atomic E-state index is 0.0842. The highest BCUT2D eigenvalue weighted by Gasteiger charge is 2.14. The Morgan fingerprint density at radius 3 is 2.79 bits per heavy atom. The summed E-state index contributed by atoms with van der Waals surface area (Å²) in [5.41, 5.74) is 7.26. The molecule has 2 nitrogen and oxygen atoms in total. The molecule has 0 saturated heterocycles. The number of thiazole rings is 1. The second-order valence-corrected chi connectivity index (χ2v) is 7.82. The molecule has 3 aromatic rings. The van der Waals surface area contributed by atoms with Crippen LogP contribution < -0.4 is 5.73 Å². The van der Waals surface area contributed by atoms with Crippen LogP contribution in [0.3, 0.4) is 0 Å². The summed E-state index contributed by atoms with van der Waals surface area (Å²) in [4.78, 5) is 5.76. The van der Waals surface area contributed by atoms with Crippen molar-refractivity contribution in [2.45, 2.75) is 12.5 Å². The van der Waals surface area contributed by atoms with Crippen molar-refractivity contribution in [2.24, 2.45) is 5.73 Å². The number of thiophene rings is 1. The van der Waals surface area contributed by atoms with E-state index in [1.54, 1.807) is 22.7 Å². The monoisotopic (exact) mass is 372 g/mol. The number of benzene rings is 1. The first kappa shape index (κ1) is 13.5. The zero-order chi connectivity index (χ0) is 13.4. The zero-order valence-corrected chi connectivity index (χ0v) is 13.7. The molecular weight excluding hydrogens is 364 g/mol. The molecule has 0 bridgehead atoms. The largest absolute Gasteiger partial charge is 0.322 e. The molecule has 2 heterocycles. The number of fused-ring (bicyclic) bond motifs is 1. The minimum Gasteiger partial charge on any atom is -0.322 e. The van der Waals surface area contributed by atoms with Crippen molar-refractivity contribution < 1.29 is 0 Å². The molecule has 3 rings (SSSR count). The Kier molecular flexibility index (Phi) is 3.91. The van der Waals surface area contributed by atoms with Gasteiger partial charge in [-0.1, -0.05) is 23.7 Å². The van der Waals surface area contributed by atoms with Crippen molar-refractivity contribution in [3.63, 3.8) is 0 Å². The number of hydrogen-bond donors (Lipinski definition) is 1. The Balaban J connectivity index is 1.85. The third-order valence-electron chi connectivity index (χ3n) is 2.74. The second-order valence-electron chi connectivity index (χ2n) is 4.16. The zero-order valence-electron chi connectivity index (χ0n) is 9.77. The van der Waals surface area contributed by atoms with Crippen LogP contribution in [0.4, 0.5) is 0 Å². The van der Waals surface area contributed by atoms with E-state index >= 15 is 0 Å². The SMILES string of the molecule is NC(Cc1cc(Br)c(Cl)s1)c1nc2ccccc2s1. The molecule has 19 heavy (non-hydrogen) atoms. The summed E-state index contributed by atoms with van der Waals surface area (Å²) in [6.07, 6.45) is 0.760. The molecule has 1 unspecified atom stereocenters. The Morgan fingerprint density at radius 2 is 2.11 bits per heavy atom. The van der Waals surface area contributed by atoms with Crippen LogP contribution >= 0.6 is 50.2 Å². The lowest BCUT2D eigenvalue weighted by Crippen LogP contribution is -2.12. The average Bonchev–Trinajstić information content (AvgIpc) is 2.93. The summed E-state index contributed by atoms with van der Waals surface area (Å²) in [5.74, 6) is 0. The lowest BCUT2D eigenvalue weighted by Gasteiger charge is -2.05. The van der Waals surface area contributed by atoms with Gasteiger partial charge in [-0.15, -0.1) is 22.7 Å². The molecule has 0 amide bonds. The predicted octanol–water partition coefficient (Wildman–Crippen LogP) is 5.02. The third kappa shape index (κ3) is 2.85. The molecule has 0 aliphatic carbocycles. The van der Waals surface area contributed by atoms with Gasteiger partial charge < -0.3 is 5.73 Å². The van der Waals surface area contributed by atoms with Crippen LogP contribution in [0.25, 0.3) is 10.2 Å². The number of hydrogen-bond acceptors (Lipinski definition) is 4. The first-order valence-corrected chi connectivity index (χ1v) is 8.48. The standard InChI is InChI=1S/C13H10BrClN2S2/c14-8-5-7(18-12(8)15)6-9(16)13-17-10-3-1-2-4-11(10)19-13/h1-5,9H,6,16H2. The van der Waals surface area contributed by atoms with Crippen LogP contribution in [0.5, 0.6) is 0 Å². The average molecular weight is 374 g/mol. The van der Waals surface area contributed by atoms with E-state index in [-0.39, 0.29) is 6.04 Å². The van der Waals surface area contributed by atoms with Gasteiger partial charge in [-0.05, 0) is 34.1 Å². The first-order valence-electron chi connectivity index (χ1n) is 5.68. The van der Waals surface area contributed by atoms with Crippen LogP contribution in [0, 0.1) is 0 Å². The molecular formula is C13H10BrClN2S2. The third-order valence-corrected chi connectivity index (χ3v) is 6.41. The summed E-state index contributed by atoms with van der Waals surface area (Å²) in [6, 6.07) is 10.0. The summed E-state index contributed by atoms with van der Waals surface area (Å²) in [5, 5.41) is 0.974. The molecule has 6 heteroatoms. The van der Waals surface area contributed by atoms with Crippen LogP contribution in [-0.2, 0) is 6.42 Å².